The number of aryl methyl sites for hydroxylation is 1. The molecule has 6 nitrogen and oxygen atoms in total. The van der Waals surface area contributed by atoms with E-state index in [1.807, 2.05) is 37.3 Å². The van der Waals surface area contributed by atoms with Gasteiger partial charge in [-0.3, -0.25) is 10.1 Å². The largest absolute Gasteiger partial charge is 0.493 e. The van der Waals surface area contributed by atoms with Gasteiger partial charge in [-0.2, -0.15) is 0 Å². The zero-order chi connectivity index (χ0) is 27.1. The van der Waals surface area contributed by atoms with Gasteiger partial charge in [0.05, 0.1) is 19.4 Å². The van der Waals surface area contributed by atoms with E-state index in [1.165, 1.54) is 7.11 Å². The quantitative estimate of drug-likeness (QED) is 0.259. The molecule has 0 radical (unpaired) electrons. The van der Waals surface area contributed by atoms with E-state index in [0.717, 1.165) is 22.6 Å². The highest BCUT2D eigenvalue weighted by atomic mass is 19.1. The Hall–Kier alpha value is -4.11. The Morgan fingerprint density at radius 1 is 1.03 bits per heavy atom. The number of esters is 1. The Morgan fingerprint density at radius 3 is 2.37 bits per heavy atom. The van der Waals surface area contributed by atoms with Crippen LogP contribution in [0.4, 0.5) is 13.2 Å². The fraction of sp³-hybridized carbons (Fsp3) is 0.241. The van der Waals surface area contributed by atoms with Gasteiger partial charge < -0.3 is 13.9 Å². The molecule has 0 aliphatic rings. The number of carbonyl (C=O) groups excluding carboxylic acids is 1. The molecule has 0 bridgehead atoms. The number of oxazole rings is 1. The summed E-state index contributed by atoms with van der Waals surface area (Å²) in [5, 5.41) is 2.80. The summed E-state index contributed by atoms with van der Waals surface area (Å²) in [7, 11) is 1.23. The molecule has 0 saturated carbocycles. The molecule has 1 heterocycles. The zero-order valence-corrected chi connectivity index (χ0v) is 21.0. The predicted molar refractivity (Wildman–Crippen MR) is 135 cm³/mol. The monoisotopic (exact) mass is 524 g/mol. The maximum Gasteiger partial charge on any atom is 0.323 e. The fourth-order valence-electron chi connectivity index (χ4n) is 3.93. The third kappa shape index (κ3) is 6.80. The van der Waals surface area contributed by atoms with Crippen molar-refractivity contribution in [2.45, 2.75) is 32.4 Å². The van der Waals surface area contributed by atoms with Crippen molar-refractivity contribution in [1.82, 2.24) is 10.3 Å². The lowest BCUT2D eigenvalue weighted by Crippen LogP contribution is -2.39. The maximum absolute atomic E-state index is 14.0. The van der Waals surface area contributed by atoms with E-state index in [-0.39, 0.29) is 18.5 Å². The van der Waals surface area contributed by atoms with Gasteiger partial charge in [0.2, 0.25) is 5.89 Å². The first-order valence-electron chi connectivity index (χ1n) is 12.0. The topological polar surface area (TPSA) is 73.6 Å². The number of hydrogen-bond donors (Lipinski definition) is 1. The summed E-state index contributed by atoms with van der Waals surface area (Å²) in [6.07, 6.45) is 0.770. The van der Waals surface area contributed by atoms with Crippen molar-refractivity contribution in [1.29, 1.82) is 0 Å². The van der Waals surface area contributed by atoms with E-state index in [9.17, 15) is 18.0 Å². The highest BCUT2D eigenvalue weighted by molar-refractivity contribution is 5.76. The minimum absolute atomic E-state index is 0.206. The summed E-state index contributed by atoms with van der Waals surface area (Å²) in [5.74, 6) is -1.72. The summed E-state index contributed by atoms with van der Waals surface area (Å²) in [4.78, 5) is 16.8. The van der Waals surface area contributed by atoms with Crippen LogP contribution in [0.3, 0.4) is 0 Å². The maximum atomic E-state index is 14.0. The normalized spacial score (nSPS) is 11.8. The molecule has 198 valence electrons. The standard InChI is InChI=1S/C29H27F3N2O4/c1-18-26(34-28(38-18)20-6-4-3-5-7-20)12-13-37-22-10-8-19(9-11-22)14-27(29(35)36-2)33-17-23-24(31)15-21(30)16-25(23)32/h3-11,15-16,27,33H,12-14,17H2,1-2H3/t27-/m0/s1. The molecule has 0 spiro atoms. The van der Waals surface area contributed by atoms with E-state index < -0.39 is 29.5 Å². The van der Waals surface area contributed by atoms with Crippen LogP contribution in [-0.4, -0.2) is 30.7 Å². The molecule has 0 fully saturated rings. The lowest BCUT2D eigenvalue weighted by Gasteiger charge is -2.17. The second-order valence-electron chi connectivity index (χ2n) is 8.64. The van der Waals surface area contributed by atoms with Crippen LogP contribution in [0, 0.1) is 24.4 Å². The molecule has 9 heteroatoms. The van der Waals surface area contributed by atoms with Crippen LogP contribution in [0.1, 0.15) is 22.6 Å². The van der Waals surface area contributed by atoms with E-state index in [4.69, 9.17) is 13.9 Å². The summed E-state index contributed by atoms with van der Waals surface area (Å²) in [6, 6.07) is 17.1. The van der Waals surface area contributed by atoms with Gasteiger partial charge in [-0.25, -0.2) is 18.2 Å². The van der Waals surface area contributed by atoms with Crippen LogP contribution in [0.5, 0.6) is 5.75 Å². The first kappa shape index (κ1) is 26.9. The Bertz CT molecular complexity index is 1350. The van der Waals surface area contributed by atoms with Gasteiger partial charge in [0.25, 0.3) is 0 Å². The van der Waals surface area contributed by atoms with Gasteiger partial charge in [0.1, 0.15) is 35.0 Å². The number of benzene rings is 3. The minimum Gasteiger partial charge on any atom is -0.493 e. The van der Waals surface area contributed by atoms with E-state index in [1.54, 1.807) is 24.3 Å². The Balaban J connectivity index is 1.32. The molecule has 0 aliphatic carbocycles. The Labute approximate surface area is 218 Å². The van der Waals surface area contributed by atoms with Crippen LogP contribution in [-0.2, 0) is 28.9 Å². The molecule has 1 atom stereocenters. The molecule has 38 heavy (non-hydrogen) atoms. The molecular weight excluding hydrogens is 497 g/mol. The SMILES string of the molecule is COC(=O)[C@H](Cc1ccc(OCCc2nc(-c3ccccc3)oc2C)cc1)NCc1c(F)cc(F)cc1F. The number of rotatable bonds is 11. The van der Waals surface area contributed by atoms with E-state index >= 15 is 0 Å². The zero-order valence-electron chi connectivity index (χ0n) is 21.0. The summed E-state index contributed by atoms with van der Waals surface area (Å²) in [6.45, 7) is 1.95. The van der Waals surface area contributed by atoms with Crippen molar-refractivity contribution in [2.24, 2.45) is 0 Å². The van der Waals surface area contributed by atoms with Crippen LogP contribution in [0.25, 0.3) is 11.5 Å². The van der Waals surface area contributed by atoms with Crippen molar-refractivity contribution in [3.05, 3.63) is 107 Å². The first-order chi connectivity index (χ1) is 18.3. The number of hydrogen-bond acceptors (Lipinski definition) is 6. The van der Waals surface area contributed by atoms with Crippen molar-refractivity contribution >= 4 is 5.97 Å². The van der Waals surface area contributed by atoms with Crippen molar-refractivity contribution in [2.75, 3.05) is 13.7 Å². The molecule has 1 N–H and O–H groups in total. The molecule has 4 rings (SSSR count). The second-order valence-corrected chi connectivity index (χ2v) is 8.64. The molecule has 0 aliphatic heterocycles. The Kier molecular flexibility index (Phi) is 8.81. The molecule has 0 saturated heterocycles. The third-order valence-electron chi connectivity index (χ3n) is 6.00. The number of halogens is 3. The highest BCUT2D eigenvalue weighted by Gasteiger charge is 2.21. The minimum atomic E-state index is -1.03. The number of carbonyl (C=O) groups is 1. The molecule has 4 aromatic rings. The lowest BCUT2D eigenvalue weighted by molar-refractivity contribution is -0.143. The molecule has 0 amide bonds. The second kappa shape index (κ2) is 12.4. The summed E-state index contributed by atoms with van der Waals surface area (Å²) in [5.41, 5.74) is 2.15. The van der Waals surface area contributed by atoms with Gasteiger partial charge in [0.15, 0.2) is 0 Å². The number of nitrogens with zero attached hydrogens (tertiary/aromatic N) is 1. The smallest absolute Gasteiger partial charge is 0.323 e. The van der Waals surface area contributed by atoms with Gasteiger partial charge in [0, 0.05) is 36.2 Å². The number of nitrogens with one attached hydrogen (secondary N) is 1. The summed E-state index contributed by atoms with van der Waals surface area (Å²) < 4.78 is 57.6. The van der Waals surface area contributed by atoms with Crippen molar-refractivity contribution in [3.63, 3.8) is 0 Å². The lowest BCUT2D eigenvalue weighted by atomic mass is 10.0. The fourth-order valence-corrected chi connectivity index (χ4v) is 3.93. The van der Waals surface area contributed by atoms with Gasteiger partial charge in [-0.15, -0.1) is 0 Å². The molecule has 1 aromatic heterocycles. The van der Waals surface area contributed by atoms with Gasteiger partial charge in [-0.1, -0.05) is 30.3 Å². The van der Waals surface area contributed by atoms with Crippen molar-refractivity contribution in [3.8, 4) is 17.2 Å². The highest BCUT2D eigenvalue weighted by Crippen LogP contribution is 2.22. The molecule has 3 aromatic carbocycles. The number of ether oxygens (including phenoxy) is 2. The van der Waals surface area contributed by atoms with Gasteiger partial charge >= 0.3 is 5.97 Å². The van der Waals surface area contributed by atoms with Crippen molar-refractivity contribution < 1.29 is 31.9 Å². The average molecular weight is 525 g/mol. The van der Waals surface area contributed by atoms with Crippen LogP contribution >= 0.6 is 0 Å². The summed E-state index contributed by atoms with van der Waals surface area (Å²) >= 11 is 0. The third-order valence-corrected chi connectivity index (χ3v) is 6.00. The van der Waals surface area contributed by atoms with Crippen LogP contribution in [0.2, 0.25) is 0 Å². The van der Waals surface area contributed by atoms with E-state index in [2.05, 4.69) is 10.3 Å². The van der Waals surface area contributed by atoms with Crippen LogP contribution < -0.4 is 10.1 Å². The molecule has 0 unspecified atom stereocenters. The molecular formula is C29H27F3N2O4. The number of methoxy groups -OCH3 is 1. The predicted octanol–water partition coefficient (Wildman–Crippen LogP) is 5.56. The van der Waals surface area contributed by atoms with E-state index in [0.29, 0.717) is 36.8 Å². The Morgan fingerprint density at radius 2 is 1.71 bits per heavy atom. The van der Waals surface area contributed by atoms with Gasteiger partial charge in [-0.05, 0) is 43.2 Å². The number of aromatic nitrogens is 1. The average Bonchev–Trinajstić information content (AvgIpc) is 3.28. The van der Waals surface area contributed by atoms with Crippen LogP contribution in [0.15, 0.2) is 71.1 Å². The first-order valence-corrected chi connectivity index (χ1v) is 12.0.